The molecular weight excluding hydrogens is 344 g/mol. The number of hydrogen-bond acceptors (Lipinski definition) is 5. The third-order valence-electron chi connectivity index (χ3n) is 5.14. The van der Waals surface area contributed by atoms with Gasteiger partial charge in [0.05, 0.1) is 13.2 Å². The molecule has 27 heavy (non-hydrogen) atoms. The average Bonchev–Trinajstić information content (AvgIpc) is 3.15. The van der Waals surface area contributed by atoms with Crippen LogP contribution in [0.4, 0.5) is 0 Å². The van der Waals surface area contributed by atoms with Gasteiger partial charge in [-0.15, -0.1) is 0 Å². The minimum Gasteiger partial charge on any atom is -0.372 e. The van der Waals surface area contributed by atoms with Crippen LogP contribution >= 0.6 is 0 Å². The standard InChI is InChI=1S/C22H12O5/c23-12-5-6-18(24)15(8-12)19-17-10-27-9-11(17)7-16-20(19)22(26)14-4-2-1-3-13(14)21(16)25/h1-8H,9-10H2. The minimum atomic E-state index is -0.365. The summed E-state index contributed by atoms with van der Waals surface area (Å²) in [6, 6.07) is 8.32. The molecule has 2 aromatic rings. The van der Waals surface area contributed by atoms with Crippen LogP contribution in [0.15, 0.2) is 48.6 Å². The van der Waals surface area contributed by atoms with E-state index < -0.39 is 0 Å². The molecule has 0 atom stereocenters. The second-order valence-corrected chi connectivity index (χ2v) is 6.67. The van der Waals surface area contributed by atoms with Gasteiger partial charge in [0.2, 0.25) is 0 Å². The number of ether oxygens (including phenoxy) is 1. The summed E-state index contributed by atoms with van der Waals surface area (Å²) in [6.07, 6.45) is 3.62. The van der Waals surface area contributed by atoms with Gasteiger partial charge in [-0.1, -0.05) is 24.3 Å². The largest absolute Gasteiger partial charge is 0.372 e. The van der Waals surface area contributed by atoms with Gasteiger partial charge in [-0.05, 0) is 35.4 Å². The molecule has 2 aliphatic carbocycles. The maximum Gasteiger partial charge on any atom is 0.195 e. The number of hydrogen-bond donors (Lipinski definition) is 0. The molecule has 5 heteroatoms. The van der Waals surface area contributed by atoms with Crippen LogP contribution in [0.5, 0.6) is 0 Å². The lowest BCUT2D eigenvalue weighted by atomic mass is 9.76. The molecule has 0 saturated carbocycles. The van der Waals surface area contributed by atoms with Crippen LogP contribution in [0.2, 0.25) is 0 Å². The van der Waals surface area contributed by atoms with Gasteiger partial charge in [0, 0.05) is 33.4 Å². The van der Waals surface area contributed by atoms with Crippen LogP contribution in [0, 0.1) is 0 Å². The molecule has 5 nitrogen and oxygen atoms in total. The van der Waals surface area contributed by atoms with Crippen LogP contribution in [0.25, 0.3) is 5.57 Å². The van der Waals surface area contributed by atoms with Crippen molar-refractivity contribution in [3.63, 3.8) is 0 Å². The third-order valence-corrected chi connectivity index (χ3v) is 5.14. The Bertz CT molecular complexity index is 1160. The van der Waals surface area contributed by atoms with E-state index in [4.69, 9.17) is 4.74 Å². The Labute approximate surface area is 154 Å². The van der Waals surface area contributed by atoms with Gasteiger partial charge >= 0.3 is 0 Å². The van der Waals surface area contributed by atoms with Crippen molar-refractivity contribution in [2.45, 2.75) is 13.2 Å². The molecule has 0 fully saturated rings. The zero-order chi connectivity index (χ0) is 18.7. The van der Waals surface area contributed by atoms with E-state index in [-0.39, 0.29) is 46.4 Å². The fourth-order valence-corrected chi connectivity index (χ4v) is 3.91. The molecule has 0 bridgehead atoms. The van der Waals surface area contributed by atoms with Crippen molar-refractivity contribution in [1.82, 2.24) is 0 Å². The first-order valence-corrected chi connectivity index (χ1v) is 8.49. The first-order chi connectivity index (χ1) is 13.1. The Hall–Kier alpha value is -3.44. The molecule has 0 N–H and O–H groups in total. The van der Waals surface area contributed by atoms with Crippen molar-refractivity contribution in [3.8, 4) is 0 Å². The molecule has 3 aliphatic rings. The Morgan fingerprint density at radius 1 is 0.778 bits per heavy atom. The van der Waals surface area contributed by atoms with E-state index >= 15 is 0 Å². The van der Waals surface area contributed by atoms with Crippen molar-refractivity contribution in [3.05, 3.63) is 87.5 Å². The quantitative estimate of drug-likeness (QED) is 0.626. The summed E-state index contributed by atoms with van der Waals surface area (Å²) in [5.74, 6) is -1.27. The molecule has 1 heterocycles. The van der Waals surface area contributed by atoms with E-state index in [1.54, 1.807) is 30.3 Å². The summed E-state index contributed by atoms with van der Waals surface area (Å²) in [7, 11) is 0. The van der Waals surface area contributed by atoms with Crippen LogP contribution in [-0.2, 0) is 27.5 Å². The van der Waals surface area contributed by atoms with Crippen LogP contribution < -0.4 is 0 Å². The van der Waals surface area contributed by atoms with Gasteiger partial charge in [-0.25, -0.2) is 0 Å². The Kier molecular flexibility index (Phi) is 3.23. The van der Waals surface area contributed by atoms with Gasteiger partial charge in [0.1, 0.15) is 0 Å². The van der Waals surface area contributed by atoms with Gasteiger partial charge in [0.25, 0.3) is 0 Å². The Balaban J connectivity index is 1.87. The topological polar surface area (TPSA) is 77.5 Å². The lowest BCUT2D eigenvalue weighted by Crippen LogP contribution is -2.25. The van der Waals surface area contributed by atoms with E-state index in [2.05, 4.69) is 0 Å². The summed E-state index contributed by atoms with van der Waals surface area (Å²) in [6.45, 7) is 0.521. The number of carbonyl (C=O) groups is 4. The van der Waals surface area contributed by atoms with Gasteiger partial charge in [-0.2, -0.15) is 0 Å². The van der Waals surface area contributed by atoms with Gasteiger partial charge < -0.3 is 4.74 Å². The SMILES string of the molecule is O=C1C=CC(=O)C(c2c3c(cc4c2C(=O)c2ccccc2C4=O)COC3)=C1. The van der Waals surface area contributed by atoms with Gasteiger partial charge in [0.15, 0.2) is 23.1 Å². The summed E-state index contributed by atoms with van der Waals surface area (Å²) >= 11 is 0. The van der Waals surface area contributed by atoms with Crippen molar-refractivity contribution in [1.29, 1.82) is 0 Å². The monoisotopic (exact) mass is 356 g/mol. The number of rotatable bonds is 1. The molecule has 0 unspecified atom stereocenters. The Morgan fingerprint density at radius 3 is 2.30 bits per heavy atom. The predicted octanol–water partition coefficient (Wildman–Crippen LogP) is 2.58. The smallest absolute Gasteiger partial charge is 0.195 e. The molecule has 5 rings (SSSR count). The molecule has 0 amide bonds. The summed E-state index contributed by atoms with van der Waals surface area (Å²) in [5, 5.41) is 0. The normalized spacial score (nSPS) is 17.6. The fraction of sp³-hybridized carbons (Fsp3) is 0.0909. The first-order valence-electron chi connectivity index (χ1n) is 8.49. The van der Waals surface area contributed by atoms with E-state index in [0.717, 1.165) is 5.56 Å². The van der Waals surface area contributed by atoms with Crippen LogP contribution in [-0.4, -0.2) is 23.1 Å². The van der Waals surface area contributed by atoms with Crippen molar-refractivity contribution >= 4 is 28.7 Å². The molecule has 1 aliphatic heterocycles. The lowest BCUT2D eigenvalue weighted by molar-refractivity contribution is -0.113. The molecule has 130 valence electrons. The lowest BCUT2D eigenvalue weighted by Gasteiger charge is -2.23. The number of carbonyl (C=O) groups excluding carboxylic acids is 4. The highest BCUT2D eigenvalue weighted by Crippen LogP contribution is 2.39. The molecule has 0 radical (unpaired) electrons. The van der Waals surface area contributed by atoms with Crippen molar-refractivity contribution < 1.29 is 23.9 Å². The second-order valence-electron chi connectivity index (χ2n) is 6.67. The summed E-state index contributed by atoms with van der Waals surface area (Å²) in [5.41, 5.74) is 3.05. The minimum absolute atomic E-state index is 0.140. The summed E-state index contributed by atoms with van der Waals surface area (Å²) < 4.78 is 5.51. The van der Waals surface area contributed by atoms with Crippen LogP contribution in [0.3, 0.4) is 0 Å². The zero-order valence-corrected chi connectivity index (χ0v) is 14.1. The highest BCUT2D eigenvalue weighted by Gasteiger charge is 2.37. The molecular formula is C22H12O5. The predicted molar refractivity (Wildman–Crippen MR) is 95.4 cm³/mol. The third kappa shape index (κ3) is 2.15. The zero-order valence-electron chi connectivity index (χ0n) is 14.1. The Morgan fingerprint density at radius 2 is 1.52 bits per heavy atom. The maximum atomic E-state index is 13.3. The highest BCUT2D eigenvalue weighted by atomic mass is 16.5. The maximum absolute atomic E-state index is 13.3. The first kappa shape index (κ1) is 15.8. The molecule has 2 aromatic carbocycles. The number of fused-ring (bicyclic) bond motifs is 3. The average molecular weight is 356 g/mol. The van der Waals surface area contributed by atoms with E-state index in [0.29, 0.717) is 28.9 Å². The van der Waals surface area contributed by atoms with Crippen molar-refractivity contribution in [2.24, 2.45) is 0 Å². The van der Waals surface area contributed by atoms with E-state index in [1.807, 2.05) is 0 Å². The van der Waals surface area contributed by atoms with Crippen LogP contribution in [0.1, 0.15) is 48.5 Å². The molecule has 0 spiro atoms. The molecule has 0 aromatic heterocycles. The van der Waals surface area contributed by atoms with Crippen molar-refractivity contribution in [2.75, 3.05) is 0 Å². The second kappa shape index (κ2) is 5.53. The molecule has 0 saturated heterocycles. The highest BCUT2D eigenvalue weighted by molar-refractivity contribution is 6.38. The fourth-order valence-electron chi connectivity index (χ4n) is 3.91. The number of allylic oxidation sites excluding steroid dienone is 4. The van der Waals surface area contributed by atoms with Gasteiger partial charge in [-0.3, -0.25) is 19.2 Å². The summed E-state index contributed by atoms with van der Waals surface area (Å²) in [4.78, 5) is 50.7. The number of benzene rings is 2. The number of ketones is 4. The van der Waals surface area contributed by atoms with E-state index in [9.17, 15) is 19.2 Å². The van der Waals surface area contributed by atoms with E-state index in [1.165, 1.54) is 18.2 Å².